The molecule has 1 aromatic heterocycles. The van der Waals surface area contributed by atoms with Gasteiger partial charge in [-0.3, -0.25) is 9.59 Å². The van der Waals surface area contributed by atoms with Gasteiger partial charge in [0.1, 0.15) is 17.3 Å². The van der Waals surface area contributed by atoms with Crippen LogP contribution in [0.25, 0.3) is 0 Å². The van der Waals surface area contributed by atoms with Crippen LogP contribution in [0.2, 0.25) is 5.02 Å². The zero-order valence-corrected chi connectivity index (χ0v) is 19.6. The van der Waals surface area contributed by atoms with Crippen molar-refractivity contribution < 1.29 is 23.1 Å². The van der Waals surface area contributed by atoms with Crippen molar-refractivity contribution in [2.75, 3.05) is 11.5 Å². The first-order valence-electron chi connectivity index (χ1n) is 10.4. The molecule has 1 N–H and O–H groups in total. The van der Waals surface area contributed by atoms with E-state index in [4.69, 9.17) is 20.8 Å². The fraction of sp³-hybridized carbons (Fsp3) is 0.250. The Balaban J connectivity index is 1.61. The number of fused-ring (bicyclic) bond motifs is 1. The lowest BCUT2D eigenvalue weighted by molar-refractivity contribution is -0.118. The van der Waals surface area contributed by atoms with E-state index in [9.17, 15) is 14.0 Å². The fourth-order valence-electron chi connectivity index (χ4n) is 3.54. The number of rotatable bonds is 7. The number of halogens is 2. The zero-order chi connectivity index (χ0) is 23.5. The monoisotopic (exact) mass is 488 g/mol. The highest BCUT2D eigenvalue weighted by Crippen LogP contribution is 2.41. The summed E-state index contributed by atoms with van der Waals surface area (Å²) in [5.41, 5.74) is 1.24. The van der Waals surface area contributed by atoms with Crippen LogP contribution in [0.1, 0.15) is 35.5 Å². The quantitative estimate of drug-likeness (QED) is 0.480. The first-order valence-corrected chi connectivity index (χ1v) is 11.7. The third-order valence-corrected chi connectivity index (χ3v) is 6.75. The van der Waals surface area contributed by atoms with Gasteiger partial charge in [-0.25, -0.2) is 4.39 Å². The number of carbonyl (C=O) groups excluding carboxylic acids is 2. The van der Waals surface area contributed by atoms with E-state index >= 15 is 0 Å². The average molecular weight is 489 g/mol. The van der Waals surface area contributed by atoms with Crippen LogP contribution in [0.5, 0.6) is 5.75 Å². The van der Waals surface area contributed by atoms with Crippen molar-refractivity contribution in [3.8, 4) is 5.75 Å². The van der Waals surface area contributed by atoms with Crippen LogP contribution in [0.15, 0.2) is 58.0 Å². The lowest BCUT2D eigenvalue weighted by atomic mass is 10.1. The molecule has 2 amide bonds. The molecule has 1 atom stereocenters. The molecule has 0 saturated heterocycles. The molecule has 1 aliphatic heterocycles. The van der Waals surface area contributed by atoms with Gasteiger partial charge in [-0.1, -0.05) is 11.6 Å². The summed E-state index contributed by atoms with van der Waals surface area (Å²) in [6.45, 7) is 4.19. The van der Waals surface area contributed by atoms with Gasteiger partial charge in [0, 0.05) is 16.0 Å². The third-order valence-electron chi connectivity index (χ3n) is 5.20. The Labute approximate surface area is 200 Å². The molecule has 0 bridgehead atoms. The Morgan fingerprint density at radius 2 is 2.12 bits per heavy atom. The highest BCUT2D eigenvalue weighted by atomic mass is 35.5. The minimum absolute atomic E-state index is 0.0493. The number of nitrogens with one attached hydrogen (secondary N) is 1. The highest BCUT2D eigenvalue weighted by Gasteiger charge is 2.32. The number of nitrogens with zero attached hydrogens (tertiary/aromatic N) is 1. The molecule has 3 aromatic rings. The molecule has 2 aromatic carbocycles. The summed E-state index contributed by atoms with van der Waals surface area (Å²) in [4.78, 5) is 27.9. The summed E-state index contributed by atoms with van der Waals surface area (Å²) in [5, 5.41) is 2.55. The van der Waals surface area contributed by atoms with Crippen molar-refractivity contribution in [3.63, 3.8) is 0 Å². The molecule has 0 radical (unpaired) electrons. The Hall–Kier alpha value is -2.97. The van der Waals surface area contributed by atoms with Crippen molar-refractivity contribution in [1.29, 1.82) is 0 Å². The summed E-state index contributed by atoms with van der Waals surface area (Å²) in [5.74, 6) is 0.0716. The molecule has 6 nitrogen and oxygen atoms in total. The molecular weight excluding hydrogens is 467 g/mol. The smallest absolute Gasteiger partial charge is 0.251 e. The van der Waals surface area contributed by atoms with Gasteiger partial charge in [0.25, 0.3) is 5.91 Å². The summed E-state index contributed by atoms with van der Waals surface area (Å²) in [6, 6.07) is 11.4. The minimum atomic E-state index is -0.516. The van der Waals surface area contributed by atoms with E-state index in [1.165, 1.54) is 28.8 Å². The molecule has 1 unspecified atom stereocenters. The number of amides is 2. The Bertz CT molecular complexity index is 1190. The number of carbonyl (C=O) groups is 2. The van der Waals surface area contributed by atoms with Gasteiger partial charge >= 0.3 is 0 Å². The molecule has 0 saturated carbocycles. The first-order chi connectivity index (χ1) is 15.9. The number of ether oxygens (including phenoxy) is 1. The minimum Gasteiger partial charge on any atom is -0.492 e. The van der Waals surface area contributed by atoms with Gasteiger partial charge in [0.05, 0.1) is 41.9 Å². The summed E-state index contributed by atoms with van der Waals surface area (Å²) >= 11 is 7.76. The number of thioether (sulfide) groups is 1. The second kappa shape index (κ2) is 9.89. The van der Waals surface area contributed by atoms with Crippen LogP contribution in [-0.4, -0.2) is 23.7 Å². The van der Waals surface area contributed by atoms with Crippen LogP contribution < -0.4 is 15.0 Å². The lowest BCUT2D eigenvalue weighted by Crippen LogP contribution is -2.39. The number of furan rings is 1. The summed E-state index contributed by atoms with van der Waals surface area (Å²) < 4.78 is 25.4. The van der Waals surface area contributed by atoms with Crippen LogP contribution in [0, 0.1) is 5.82 Å². The van der Waals surface area contributed by atoms with Crippen molar-refractivity contribution in [3.05, 3.63) is 76.5 Å². The highest BCUT2D eigenvalue weighted by molar-refractivity contribution is 8.01. The average Bonchev–Trinajstić information content (AvgIpc) is 3.32. The van der Waals surface area contributed by atoms with E-state index < -0.39 is 11.1 Å². The van der Waals surface area contributed by atoms with Crippen molar-refractivity contribution in [2.24, 2.45) is 0 Å². The molecular formula is C24H22ClFN2O4S. The van der Waals surface area contributed by atoms with Gasteiger partial charge in [0.2, 0.25) is 5.91 Å². The van der Waals surface area contributed by atoms with E-state index in [0.29, 0.717) is 29.4 Å². The maximum absolute atomic E-state index is 14.7. The topological polar surface area (TPSA) is 71.8 Å². The van der Waals surface area contributed by atoms with Crippen molar-refractivity contribution in [1.82, 2.24) is 5.32 Å². The van der Waals surface area contributed by atoms with Gasteiger partial charge < -0.3 is 19.4 Å². The fourth-order valence-corrected chi connectivity index (χ4v) is 4.91. The SMILES string of the molecule is CCOc1ccc(F)c(CN2C(=O)C(C)Sc3cc(C(=O)NCc4ccco4)ccc32)c1Cl. The predicted octanol–water partition coefficient (Wildman–Crippen LogP) is 5.43. The Kier molecular flexibility index (Phi) is 6.95. The molecule has 9 heteroatoms. The van der Waals surface area contributed by atoms with Crippen LogP contribution in [-0.2, 0) is 17.9 Å². The third kappa shape index (κ3) is 4.86. The Morgan fingerprint density at radius 1 is 1.30 bits per heavy atom. The molecule has 33 heavy (non-hydrogen) atoms. The van der Waals surface area contributed by atoms with Crippen LogP contribution >= 0.6 is 23.4 Å². The molecule has 0 fully saturated rings. The summed E-state index contributed by atoms with van der Waals surface area (Å²) in [7, 11) is 0. The molecule has 0 aliphatic carbocycles. The number of anilines is 1. The van der Waals surface area contributed by atoms with Crippen LogP contribution in [0.3, 0.4) is 0 Å². The molecule has 172 valence electrons. The number of benzene rings is 2. The van der Waals surface area contributed by atoms with E-state index in [1.54, 1.807) is 43.5 Å². The second-order valence-electron chi connectivity index (χ2n) is 7.40. The standard InChI is InChI=1S/C24H22ClFN2O4S/c1-3-31-20-9-7-18(26)17(22(20)25)13-28-19-8-6-15(11-21(19)33-14(2)24(28)30)23(29)27-12-16-5-4-10-32-16/h4-11,14H,3,12-13H2,1-2H3,(H,27,29). The van der Waals surface area contributed by atoms with Gasteiger partial charge in [-0.15, -0.1) is 11.8 Å². The van der Waals surface area contributed by atoms with Crippen molar-refractivity contribution >= 4 is 40.9 Å². The maximum atomic E-state index is 14.7. The van der Waals surface area contributed by atoms with Crippen molar-refractivity contribution in [2.45, 2.75) is 37.1 Å². The van der Waals surface area contributed by atoms with E-state index in [-0.39, 0.29) is 35.5 Å². The van der Waals surface area contributed by atoms with E-state index in [1.807, 2.05) is 6.92 Å². The van der Waals surface area contributed by atoms with E-state index in [2.05, 4.69) is 5.32 Å². The number of hydrogen-bond acceptors (Lipinski definition) is 5. The predicted molar refractivity (Wildman–Crippen MR) is 125 cm³/mol. The maximum Gasteiger partial charge on any atom is 0.251 e. The second-order valence-corrected chi connectivity index (χ2v) is 9.16. The van der Waals surface area contributed by atoms with E-state index in [0.717, 1.165) is 4.90 Å². The lowest BCUT2D eigenvalue weighted by Gasteiger charge is -2.33. The Morgan fingerprint density at radius 3 is 2.85 bits per heavy atom. The zero-order valence-electron chi connectivity index (χ0n) is 18.1. The molecule has 0 spiro atoms. The van der Waals surface area contributed by atoms with Crippen LogP contribution in [0.4, 0.5) is 10.1 Å². The molecule has 1 aliphatic rings. The first kappa shape index (κ1) is 23.2. The largest absolute Gasteiger partial charge is 0.492 e. The normalized spacial score (nSPS) is 15.3. The van der Waals surface area contributed by atoms with Gasteiger partial charge in [-0.05, 0) is 56.3 Å². The van der Waals surface area contributed by atoms with Gasteiger partial charge in [0.15, 0.2) is 0 Å². The van der Waals surface area contributed by atoms with Gasteiger partial charge in [-0.2, -0.15) is 0 Å². The molecule has 2 heterocycles. The summed E-state index contributed by atoms with van der Waals surface area (Å²) in [6.07, 6.45) is 1.54. The number of hydrogen-bond donors (Lipinski definition) is 1. The molecule has 4 rings (SSSR count).